The third-order valence-corrected chi connectivity index (χ3v) is 2.37. The second-order valence-electron chi connectivity index (χ2n) is 3.47. The summed E-state index contributed by atoms with van der Waals surface area (Å²) >= 11 is 0. The molecule has 1 amide bonds. The van der Waals surface area contributed by atoms with Crippen LogP contribution in [0.5, 0.6) is 0 Å². The van der Waals surface area contributed by atoms with Crippen molar-refractivity contribution in [3.05, 3.63) is 12.7 Å². The molecule has 2 radical (unpaired) electrons. The van der Waals surface area contributed by atoms with Crippen LogP contribution < -0.4 is 0 Å². The maximum absolute atomic E-state index is 11.5. The van der Waals surface area contributed by atoms with E-state index in [9.17, 15) is 9.59 Å². The van der Waals surface area contributed by atoms with E-state index in [0.29, 0.717) is 13.0 Å². The van der Waals surface area contributed by atoms with Crippen molar-refractivity contribution in [2.75, 3.05) is 13.2 Å². The Bertz CT molecular complexity index is 279. The Balaban J connectivity index is 2.70. The fraction of sp³-hybridized carbons (Fsp3) is 0.556. The second-order valence-corrected chi connectivity index (χ2v) is 3.47. The minimum absolute atomic E-state index is 0.117. The lowest BCUT2D eigenvalue weighted by Crippen LogP contribution is -2.38. The molecule has 4 nitrogen and oxygen atoms in total. The van der Waals surface area contributed by atoms with Gasteiger partial charge in [-0.1, -0.05) is 12.7 Å². The van der Waals surface area contributed by atoms with Crippen molar-refractivity contribution in [2.45, 2.75) is 13.3 Å². The van der Waals surface area contributed by atoms with Crippen molar-refractivity contribution in [3.8, 4) is 0 Å². The van der Waals surface area contributed by atoms with E-state index in [4.69, 9.17) is 12.7 Å². The molecule has 0 aromatic heterocycles. The molecule has 74 valence electrons. The highest BCUT2D eigenvalue weighted by Gasteiger charge is 2.48. The summed E-state index contributed by atoms with van der Waals surface area (Å²) in [4.78, 5) is 24.1. The summed E-state index contributed by atoms with van der Waals surface area (Å²) in [5.41, 5.74) is -1.11. The molecular formula is C9H12BNO3. The number of rotatable bonds is 3. The number of carbonyl (C=O) groups is 2. The second kappa shape index (κ2) is 3.86. The molecule has 0 spiro atoms. The predicted molar refractivity (Wildman–Crippen MR) is 51.3 cm³/mol. The van der Waals surface area contributed by atoms with Crippen LogP contribution in [0.15, 0.2) is 12.7 Å². The number of hydrogen-bond donors (Lipinski definition) is 0. The standard InChI is InChI=1S/C9H12BNO3/c1-3-6-14-8(13)9(2)4-5-11(10)7(9)12/h3H,1,4-6H2,2H3. The first-order valence-electron chi connectivity index (χ1n) is 4.37. The lowest BCUT2D eigenvalue weighted by atomic mass is 9.89. The monoisotopic (exact) mass is 193 g/mol. The van der Waals surface area contributed by atoms with E-state index in [2.05, 4.69) is 6.58 Å². The summed E-state index contributed by atoms with van der Waals surface area (Å²) < 4.78 is 4.84. The molecule has 1 saturated heterocycles. The quantitative estimate of drug-likeness (QED) is 0.275. The van der Waals surface area contributed by atoms with Gasteiger partial charge in [0.15, 0.2) is 0 Å². The van der Waals surface area contributed by atoms with Crippen molar-refractivity contribution in [1.82, 2.24) is 4.81 Å². The van der Waals surface area contributed by atoms with Crippen LogP contribution in [0.4, 0.5) is 0 Å². The topological polar surface area (TPSA) is 46.6 Å². The van der Waals surface area contributed by atoms with Crippen LogP contribution in [0.1, 0.15) is 13.3 Å². The Morgan fingerprint density at radius 2 is 2.50 bits per heavy atom. The van der Waals surface area contributed by atoms with E-state index in [1.54, 1.807) is 6.92 Å². The molecule has 1 aliphatic rings. The van der Waals surface area contributed by atoms with Crippen LogP contribution in [0.3, 0.4) is 0 Å². The number of nitrogens with zero attached hydrogens (tertiary/aromatic N) is 1. The van der Waals surface area contributed by atoms with Gasteiger partial charge in [-0.3, -0.25) is 9.59 Å². The zero-order valence-corrected chi connectivity index (χ0v) is 8.16. The molecule has 1 fully saturated rings. The van der Waals surface area contributed by atoms with E-state index < -0.39 is 11.4 Å². The number of amides is 1. The average molecular weight is 193 g/mol. The van der Waals surface area contributed by atoms with Gasteiger partial charge in [-0.05, 0) is 13.3 Å². The molecule has 5 heteroatoms. The van der Waals surface area contributed by atoms with Gasteiger partial charge >= 0.3 is 5.97 Å². The summed E-state index contributed by atoms with van der Waals surface area (Å²) in [7, 11) is 5.38. The Kier molecular flexibility index (Phi) is 2.98. The van der Waals surface area contributed by atoms with E-state index >= 15 is 0 Å². The van der Waals surface area contributed by atoms with Gasteiger partial charge in [0, 0.05) is 6.54 Å². The average Bonchev–Trinajstić information content (AvgIpc) is 2.44. The molecule has 1 aliphatic heterocycles. The SMILES string of the molecule is [B]N1CCC(C)(C(=O)OCC=C)C1=O. The highest BCUT2D eigenvalue weighted by molar-refractivity contribution is 6.20. The molecule has 0 bridgehead atoms. The molecule has 14 heavy (non-hydrogen) atoms. The molecule has 0 aromatic carbocycles. The molecule has 0 saturated carbocycles. The van der Waals surface area contributed by atoms with Crippen molar-refractivity contribution < 1.29 is 14.3 Å². The lowest BCUT2D eigenvalue weighted by Gasteiger charge is -2.19. The van der Waals surface area contributed by atoms with E-state index in [1.165, 1.54) is 6.08 Å². The van der Waals surface area contributed by atoms with Crippen LogP contribution in [-0.4, -0.2) is 37.8 Å². The zero-order valence-electron chi connectivity index (χ0n) is 8.16. The number of carbonyl (C=O) groups excluding carboxylic acids is 2. The largest absolute Gasteiger partial charge is 0.461 e. The van der Waals surface area contributed by atoms with Gasteiger partial charge < -0.3 is 9.55 Å². The van der Waals surface area contributed by atoms with Gasteiger partial charge in [-0.15, -0.1) is 0 Å². The van der Waals surface area contributed by atoms with Crippen molar-refractivity contribution in [3.63, 3.8) is 0 Å². The smallest absolute Gasteiger partial charge is 0.321 e. The van der Waals surface area contributed by atoms with Crippen LogP contribution in [0.25, 0.3) is 0 Å². The Labute approximate surface area is 84.3 Å². The third kappa shape index (κ3) is 1.67. The normalized spacial score (nSPS) is 26.4. The summed E-state index contributed by atoms with van der Waals surface area (Å²) in [5.74, 6) is -0.915. The van der Waals surface area contributed by atoms with Crippen LogP contribution in [0, 0.1) is 5.41 Å². The molecule has 1 rings (SSSR count). The Morgan fingerprint density at radius 1 is 1.86 bits per heavy atom. The molecule has 1 heterocycles. The van der Waals surface area contributed by atoms with Gasteiger partial charge in [0.25, 0.3) is 0 Å². The molecule has 1 atom stereocenters. The fourth-order valence-electron chi connectivity index (χ4n) is 1.35. The molecule has 0 aliphatic carbocycles. The molecule has 1 unspecified atom stereocenters. The van der Waals surface area contributed by atoms with Crippen LogP contribution >= 0.6 is 0 Å². The van der Waals surface area contributed by atoms with Gasteiger partial charge in [0.05, 0.1) is 0 Å². The minimum atomic E-state index is -1.11. The minimum Gasteiger partial charge on any atom is -0.461 e. The van der Waals surface area contributed by atoms with Gasteiger partial charge in [0.2, 0.25) is 13.9 Å². The first-order valence-corrected chi connectivity index (χ1v) is 4.37. The van der Waals surface area contributed by atoms with Crippen LogP contribution in [0.2, 0.25) is 0 Å². The molecule has 0 aromatic rings. The van der Waals surface area contributed by atoms with Crippen LogP contribution in [-0.2, 0) is 14.3 Å². The highest BCUT2D eigenvalue weighted by atomic mass is 16.5. The maximum Gasteiger partial charge on any atom is 0.321 e. The molecule has 0 N–H and O–H groups in total. The van der Waals surface area contributed by atoms with Crippen molar-refractivity contribution in [2.24, 2.45) is 5.41 Å². The van der Waals surface area contributed by atoms with Gasteiger partial charge in [0.1, 0.15) is 12.0 Å². The van der Waals surface area contributed by atoms with Crippen molar-refractivity contribution in [1.29, 1.82) is 0 Å². The third-order valence-electron chi connectivity index (χ3n) is 2.37. The number of hydrogen-bond acceptors (Lipinski definition) is 3. The van der Waals surface area contributed by atoms with E-state index in [-0.39, 0.29) is 12.5 Å². The maximum atomic E-state index is 11.5. The fourth-order valence-corrected chi connectivity index (χ4v) is 1.35. The summed E-state index contributed by atoms with van der Waals surface area (Å²) in [6.07, 6.45) is 1.86. The lowest BCUT2D eigenvalue weighted by molar-refractivity contribution is -0.158. The zero-order chi connectivity index (χ0) is 10.8. The summed E-state index contributed by atoms with van der Waals surface area (Å²) in [6, 6.07) is 0. The first-order chi connectivity index (χ1) is 6.52. The first kappa shape index (κ1) is 10.8. The van der Waals surface area contributed by atoms with E-state index in [0.717, 1.165) is 4.81 Å². The van der Waals surface area contributed by atoms with Gasteiger partial charge in [-0.2, -0.15) is 0 Å². The van der Waals surface area contributed by atoms with E-state index in [1.807, 2.05) is 0 Å². The van der Waals surface area contributed by atoms with Crippen molar-refractivity contribution >= 4 is 19.9 Å². The molecular weight excluding hydrogens is 181 g/mol. The summed E-state index contributed by atoms with van der Waals surface area (Å²) in [6.45, 7) is 5.47. The Morgan fingerprint density at radius 3 is 2.93 bits per heavy atom. The number of esters is 1. The number of ether oxygens (including phenoxy) is 1. The highest BCUT2D eigenvalue weighted by Crippen LogP contribution is 2.31. The van der Waals surface area contributed by atoms with Gasteiger partial charge in [-0.25, -0.2) is 0 Å². The predicted octanol–water partition coefficient (Wildman–Crippen LogP) is 0.0377. The summed E-state index contributed by atoms with van der Waals surface area (Å²) in [5, 5.41) is 0. The Hall–Kier alpha value is -1.26.